The van der Waals surface area contributed by atoms with Crippen molar-refractivity contribution in [2.45, 2.75) is 24.4 Å². The van der Waals surface area contributed by atoms with Gasteiger partial charge in [0.25, 0.3) is 5.91 Å². The summed E-state index contributed by atoms with van der Waals surface area (Å²) in [6, 6.07) is 15.5. The Bertz CT molecular complexity index is 1340. The number of rotatable bonds is 9. The molecule has 1 aliphatic rings. The predicted octanol–water partition coefficient (Wildman–Crippen LogP) is 3.09. The van der Waals surface area contributed by atoms with Gasteiger partial charge in [-0.05, 0) is 30.2 Å². The number of carbonyl (C=O) groups excluding carboxylic acids is 2. The Balaban J connectivity index is 1.44. The van der Waals surface area contributed by atoms with E-state index in [2.05, 4.69) is 17.2 Å². The van der Waals surface area contributed by atoms with Crippen molar-refractivity contribution in [2.75, 3.05) is 19.0 Å². The van der Waals surface area contributed by atoms with Crippen molar-refractivity contribution in [3.05, 3.63) is 89.7 Å². The molecule has 0 atom stereocenters. The van der Waals surface area contributed by atoms with Crippen LogP contribution in [0.3, 0.4) is 0 Å². The molecule has 0 bridgehead atoms. The Labute approximate surface area is 203 Å². The largest absolute Gasteiger partial charge is 0.496 e. The number of nitrogens with one attached hydrogen (secondary N) is 2. The minimum atomic E-state index is -3.89. The van der Waals surface area contributed by atoms with Crippen LogP contribution < -0.4 is 15.4 Å². The first-order chi connectivity index (χ1) is 16.8. The summed E-state index contributed by atoms with van der Waals surface area (Å²) in [7, 11) is -2.50. The van der Waals surface area contributed by atoms with Gasteiger partial charge in [-0.25, -0.2) is 8.42 Å². The van der Waals surface area contributed by atoms with E-state index in [1.807, 2.05) is 30.3 Å². The van der Waals surface area contributed by atoms with Crippen LogP contribution in [0.25, 0.3) is 0 Å². The fourth-order valence-electron chi connectivity index (χ4n) is 3.77. The first kappa shape index (κ1) is 24.2. The van der Waals surface area contributed by atoms with Crippen LogP contribution in [-0.4, -0.2) is 38.2 Å². The number of furan rings is 1. The molecular formula is C25H25N3O6S. The fraction of sp³-hybridized carbons (Fsp3) is 0.200. The Kier molecular flexibility index (Phi) is 7.04. The van der Waals surface area contributed by atoms with Gasteiger partial charge in [-0.15, -0.1) is 0 Å². The molecule has 0 unspecified atom stereocenters. The molecule has 182 valence electrons. The van der Waals surface area contributed by atoms with Gasteiger partial charge in [0, 0.05) is 30.8 Å². The molecule has 35 heavy (non-hydrogen) atoms. The highest BCUT2D eigenvalue weighted by Gasteiger charge is 2.34. The zero-order chi connectivity index (χ0) is 25.0. The molecule has 1 aliphatic heterocycles. The summed E-state index contributed by atoms with van der Waals surface area (Å²) in [4.78, 5) is 24.1. The van der Waals surface area contributed by atoms with Crippen LogP contribution in [0, 0.1) is 0 Å². The lowest BCUT2D eigenvalue weighted by Crippen LogP contribution is -2.27. The second-order valence-corrected chi connectivity index (χ2v) is 9.82. The van der Waals surface area contributed by atoms with Crippen molar-refractivity contribution < 1.29 is 27.2 Å². The van der Waals surface area contributed by atoms with Gasteiger partial charge in [0.1, 0.15) is 11.5 Å². The van der Waals surface area contributed by atoms with Crippen LogP contribution in [-0.2, 0) is 34.3 Å². The topological polar surface area (TPSA) is 118 Å². The number of sulfonamides is 1. The van der Waals surface area contributed by atoms with Crippen LogP contribution in [0.2, 0.25) is 0 Å². The third-order valence-corrected chi connectivity index (χ3v) is 7.38. The number of fused-ring (bicyclic) bond motifs is 1. The van der Waals surface area contributed by atoms with Gasteiger partial charge in [0.05, 0.1) is 24.1 Å². The minimum absolute atomic E-state index is 0.000484. The van der Waals surface area contributed by atoms with E-state index in [0.29, 0.717) is 24.3 Å². The van der Waals surface area contributed by atoms with Crippen LogP contribution in [0.15, 0.2) is 76.6 Å². The number of amides is 2. The molecule has 3 aromatic rings. The maximum absolute atomic E-state index is 13.2. The average Bonchev–Trinajstić information content (AvgIpc) is 3.43. The van der Waals surface area contributed by atoms with E-state index in [1.54, 1.807) is 6.07 Å². The predicted molar refractivity (Wildman–Crippen MR) is 129 cm³/mol. The first-order valence-corrected chi connectivity index (χ1v) is 12.3. The second kappa shape index (κ2) is 10.2. The van der Waals surface area contributed by atoms with Gasteiger partial charge in [0.2, 0.25) is 15.9 Å². The normalized spacial score (nSPS) is 13.2. The van der Waals surface area contributed by atoms with Gasteiger partial charge < -0.3 is 14.5 Å². The van der Waals surface area contributed by atoms with Crippen molar-refractivity contribution >= 4 is 27.7 Å². The Morgan fingerprint density at radius 1 is 1.14 bits per heavy atom. The standard InChI is InChI=1S/C25H25N3O6S/c1-3-23(29)27-24-13-18-15-28(16-22(18)34-24)35(31,32)19-9-10-20(21(14-19)33-2)25(30)26-12-11-17-7-5-4-6-8-17/h3-10,13-14H,1,11-12,15-16H2,2H3,(H,26,30)(H,27,29). The number of carbonyl (C=O) groups is 2. The molecule has 2 N–H and O–H groups in total. The van der Waals surface area contributed by atoms with Gasteiger partial charge in [-0.3, -0.25) is 14.9 Å². The lowest BCUT2D eigenvalue weighted by Gasteiger charge is -2.17. The van der Waals surface area contributed by atoms with Crippen molar-refractivity contribution in [2.24, 2.45) is 0 Å². The molecule has 9 nitrogen and oxygen atoms in total. The van der Waals surface area contributed by atoms with Crippen molar-refractivity contribution in [3.8, 4) is 5.75 Å². The fourth-order valence-corrected chi connectivity index (χ4v) is 5.16. The van der Waals surface area contributed by atoms with E-state index < -0.39 is 15.9 Å². The average molecular weight is 496 g/mol. The summed E-state index contributed by atoms with van der Waals surface area (Å²) in [6.45, 7) is 3.92. The van der Waals surface area contributed by atoms with Crippen LogP contribution >= 0.6 is 0 Å². The smallest absolute Gasteiger partial charge is 0.255 e. The number of ether oxygens (including phenoxy) is 1. The van der Waals surface area contributed by atoms with E-state index in [0.717, 1.165) is 11.6 Å². The highest BCUT2D eigenvalue weighted by molar-refractivity contribution is 7.89. The molecule has 0 saturated heterocycles. The molecular weight excluding hydrogens is 470 g/mol. The van der Waals surface area contributed by atoms with E-state index in [9.17, 15) is 18.0 Å². The molecule has 1 aromatic heterocycles. The Morgan fingerprint density at radius 2 is 1.91 bits per heavy atom. The van der Waals surface area contributed by atoms with Gasteiger partial charge in [0.15, 0.2) is 5.88 Å². The third-order valence-electron chi connectivity index (χ3n) is 5.59. The molecule has 2 aromatic carbocycles. The van der Waals surface area contributed by atoms with Gasteiger partial charge in [-0.2, -0.15) is 4.31 Å². The van der Waals surface area contributed by atoms with Gasteiger partial charge >= 0.3 is 0 Å². The molecule has 2 heterocycles. The molecule has 0 saturated carbocycles. The number of hydrogen-bond acceptors (Lipinski definition) is 6. The summed E-state index contributed by atoms with van der Waals surface area (Å²) < 4.78 is 38.6. The summed E-state index contributed by atoms with van der Waals surface area (Å²) in [5.41, 5.74) is 2.01. The first-order valence-electron chi connectivity index (χ1n) is 10.9. The highest BCUT2D eigenvalue weighted by atomic mass is 32.2. The zero-order valence-corrected chi connectivity index (χ0v) is 19.9. The summed E-state index contributed by atoms with van der Waals surface area (Å²) in [5, 5.41) is 5.36. The lowest BCUT2D eigenvalue weighted by atomic mass is 10.1. The Morgan fingerprint density at radius 3 is 2.60 bits per heavy atom. The molecule has 10 heteroatoms. The maximum Gasteiger partial charge on any atom is 0.255 e. The molecule has 4 rings (SSSR count). The summed E-state index contributed by atoms with van der Waals surface area (Å²) in [6.07, 6.45) is 1.79. The van der Waals surface area contributed by atoms with Crippen LogP contribution in [0.4, 0.5) is 5.88 Å². The van der Waals surface area contributed by atoms with Crippen LogP contribution in [0.5, 0.6) is 5.75 Å². The zero-order valence-electron chi connectivity index (χ0n) is 19.1. The minimum Gasteiger partial charge on any atom is -0.496 e. The van der Waals surface area contributed by atoms with Crippen LogP contribution in [0.1, 0.15) is 27.2 Å². The second-order valence-electron chi connectivity index (χ2n) is 7.88. The van der Waals surface area contributed by atoms with E-state index in [4.69, 9.17) is 9.15 Å². The van der Waals surface area contributed by atoms with Crippen molar-refractivity contribution in [3.63, 3.8) is 0 Å². The number of nitrogens with zero attached hydrogens (tertiary/aromatic N) is 1. The molecule has 0 radical (unpaired) electrons. The SMILES string of the molecule is C=CC(=O)Nc1cc2c(o1)CN(S(=O)(=O)c1ccc(C(=O)NCCc3ccccc3)c(OC)c1)C2. The van der Waals surface area contributed by atoms with E-state index >= 15 is 0 Å². The molecule has 0 spiro atoms. The van der Waals surface area contributed by atoms with E-state index in [1.165, 1.54) is 29.6 Å². The number of anilines is 1. The van der Waals surface area contributed by atoms with Crippen molar-refractivity contribution in [1.82, 2.24) is 9.62 Å². The summed E-state index contributed by atoms with van der Waals surface area (Å²) in [5.74, 6) is 0.0819. The monoisotopic (exact) mass is 495 g/mol. The number of methoxy groups -OCH3 is 1. The maximum atomic E-state index is 13.2. The third kappa shape index (κ3) is 5.28. The van der Waals surface area contributed by atoms with Gasteiger partial charge in [-0.1, -0.05) is 36.9 Å². The van der Waals surface area contributed by atoms with E-state index in [-0.39, 0.29) is 41.1 Å². The highest BCUT2D eigenvalue weighted by Crippen LogP contribution is 2.34. The number of benzene rings is 2. The quantitative estimate of drug-likeness (QED) is 0.441. The lowest BCUT2D eigenvalue weighted by molar-refractivity contribution is -0.112. The molecule has 0 fully saturated rings. The molecule has 0 aliphatic carbocycles. The Hall–Kier alpha value is -3.89. The summed E-state index contributed by atoms with van der Waals surface area (Å²) >= 11 is 0. The van der Waals surface area contributed by atoms with Crippen molar-refractivity contribution in [1.29, 1.82) is 0 Å². The molecule has 2 amide bonds. The number of hydrogen-bond donors (Lipinski definition) is 2.